The Morgan fingerprint density at radius 1 is 1.23 bits per heavy atom. The molecule has 8 nitrogen and oxygen atoms in total. The maximum atomic E-state index is 13.6. The Hall–Kier alpha value is -3.05. The molecule has 35 heavy (non-hydrogen) atoms. The van der Waals surface area contributed by atoms with Gasteiger partial charge >= 0.3 is 12.0 Å². The van der Waals surface area contributed by atoms with Crippen LogP contribution < -0.4 is 0 Å². The fourth-order valence-corrected chi connectivity index (χ4v) is 5.75. The van der Waals surface area contributed by atoms with Crippen molar-refractivity contribution in [3.63, 3.8) is 0 Å². The molecule has 0 aliphatic carbocycles. The second-order valence-corrected chi connectivity index (χ2v) is 9.53. The molecule has 0 spiro atoms. The molecule has 0 bridgehead atoms. The van der Waals surface area contributed by atoms with Gasteiger partial charge in [-0.15, -0.1) is 0 Å². The molecule has 0 radical (unpaired) electrons. The normalized spacial score (nSPS) is 22.1. The first-order valence-corrected chi connectivity index (χ1v) is 12.8. The molecule has 0 saturated carbocycles. The van der Waals surface area contributed by atoms with Crippen LogP contribution in [0, 0.1) is 11.3 Å². The Labute approximate surface area is 207 Å². The van der Waals surface area contributed by atoms with Crippen LogP contribution in [0.1, 0.15) is 62.8 Å². The predicted octanol–water partition coefficient (Wildman–Crippen LogP) is 4.16. The van der Waals surface area contributed by atoms with E-state index in [4.69, 9.17) is 9.47 Å². The van der Waals surface area contributed by atoms with Crippen LogP contribution in [0.3, 0.4) is 0 Å². The van der Waals surface area contributed by atoms with Gasteiger partial charge in [0.15, 0.2) is 0 Å². The number of aromatic nitrogens is 1. The number of hydrogen-bond donors (Lipinski definition) is 1. The van der Waals surface area contributed by atoms with E-state index in [1.54, 1.807) is 14.0 Å². The summed E-state index contributed by atoms with van der Waals surface area (Å²) in [6, 6.07) is 8.00. The lowest BCUT2D eigenvalue weighted by Crippen LogP contribution is -2.48. The van der Waals surface area contributed by atoms with Crippen molar-refractivity contribution in [3.8, 4) is 6.07 Å². The van der Waals surface area contributed by atoms with Gasteiger partial charge in [-0.3, -0.25) is 4.79 Å². The summed E-state index contributed by atoms with van der Waals surface area (Å²) < 4.78 is 10.7. The van der Waals surface area contributed by atoms with Crippen LogP contribution in [-0.2, 0) is 27.1 Å². The van der Waals surface area contributed by atoms with E-state index >= 15 is 0 Å². The SMILES string of the molecule is CCOC(=O)C[C@H]1C[C@@H](OC)CN1C(=O)N1CCC[C@H]1CCc1[nH]c2cc(C#N)ccc2c1CC. The predicted molar refractivity (Wildman–Crippen MR) is 133 cm³/mol. The fourth-order valence-electron chi connectivity index (χ4n) is 5.75. The molecule has 2 aliphatic rings. The average molecular weight is 481 g/mol. The number of carbonyl (C=O) groups is 2. The Kier molecular flexibility index (Phi) is 7.97. The molecule has 2 amide bonds. The molecule has 2 aliphatic heterocycles. The minimum absolute atomic E-state index is 0.00683. The molecule has 4 rings (SSSR count). The minimum Gasteiger partial charge on any atom is -0.466 e. The lowest BCUT2D eigenvalue weighted by Gasteiger charge is -2.32. The second kappa shape index (κ2) is 11.1. The molecule has 188 valence electrons. The molecule has 3 heterocycles. The Morgan fingerprint density at radius 2 is 2.06 bits per heavy atom. The first-order chi connectivity index (χ1) is 17.0. The molecule has 1 aromatic carbocycles. The lowest BCUT2D eigenvalue weighted by molar-refractivity contribution is -0.144. The molecular formula is C27H36N4O4. The number of ether oxygens (including phenoxy) is 2. The fraction of sp³-hybridized carbons (Fsp3) is 0.593. The zero-order valence-corrected chi connectivity index (χ0v) is 21.0. The van der Waals surface area contributed by atoms with Gasteiger partial charge in [-0.2, -0.15) is 5.26 Å². The average Bonchev–Trinajstić information content (AvgIpc) is 3.58. The summed E-state index contributed by atoms with van der Waals surface area (Å²) in [5.41, 5.74) is 4.13. The number of aromatic amines is 1. The molecule has 1 N–H and O–H groups in total. The summed E-state index contributed by atoms with van der Waals surface area (Å²) in [4.78, 5) is 33.1. The van der Waals surface area contributed by atoms with Crippen LogP contribution >= 0.6 is 0 Å². The maximum absolute atomic E-state index is 13.6. The summed E-state index contributed by atoms with van der Waals surface area (Å²) in [7, 11) is 1.66. The van der Waals surface area contributed by atoms with Gasteiger partial charge in [-0.25, -0.2) is 4.79 Å². The molecule has 2 aromatic rings. The number of nitrogens with one attached hydrogen (secondary N) is 1. The largest absolute Gasteiger partial charge is 0.466 e. The number of benzene rings is 1. The molecule has 1 aromatic heterocycles. The molecule has 3 atom stereocenters. The van der Waals surface area contributed by atoms with Gasteiger partial charge in [-0.1, -0.05) is 13.0 Å². The highest BCUT2D eigenvalue weighted by Crippen LogP contribution is 2.31. The number of H-pyrrole nitrogens is 1. The van der Waals surface area contributed by atoms with Crippen LogP contribution in [0.2, 0.25) is 0 Å². The summed E-state index contributed by atoms with van der Waals surface area (Å²) in [5.74, 6) is -0.268. The highest BCUT2D eigenvalue weighted by Gasteiger charge is 2.41. The maximum Gasteiger partial charge on any atom is 0.320 e. The van der Waals surface area contributed by atoms with E-state index in [0.717, 1.165) is 44.2 Å². The smallest absolute Gasteiger partial charge is 0.320 e. The van der Waals surface area contributed by atoms with Crippen molar-refractivity contribution < 1.29 is 19.1 Å². The lowest BCUT2D eigenvalue weighted by atomic mass is 10.0. The van der Waals surface area contributed by atoms with E-state index in [2.05, 4.69) is 18.0 Å². The number of aryl methyl sites for hydroxylation is 2. The monoisotopic (exact) mass is 480 g/mol. The van der Waals surface area contributed by atoms with Gasteiger partial charge in [0.05, 0.1) is 30.8 Å². The quantitative estimate of drug-likeness (QED) is 0.572. The topological polar surface area (TPSA) is 98.7 Å². The van der Waals surface area contributed by atoms with E-state index in [0.29, 0.717) is 25.1 Å². The summed E-state index contributed by atoms with van der Waals surface area (Å²) in [5, 5.41) is 10.4. The number of hydrogen-bond acceptors (Lipinski definition) is 5. The molecule has 2 saturated heterocycles. The van der Waals surface area contributed by atoms with E-state index in [-0.39, 0.29) is 36.6 Å². The number of rotatable bonds is 8. The molecular weight excluding hydrogens is 444 g/mol. The van der Waals surface area contributed by atoms with Gasteiger partial charge in [0.25, 0.3) is 0 Å². The van der Waals surface area contributed by atoms with Gasteiger partial charge in [0.1, 0.15) is 0 Å². The first kappa shape index (κ1) is 25.1. The van der Waals surface area contributed by atoms with Crippen molar-refractivity contribution in [1.82, 2.24) is 14.8 Å². The van der Waals surface area contributed by atoms with Crippen molar-refractivity contribution in [2.24, 2.45) is 0 Å². The van der Waals surface area contributed by atoms with Crippen molar-refractivity contribution in [1.29, 1.82) is 5.26 Å². The third-order valence-electron chi connectivity index (χ3n) is 7.49. The number of urea groups is 1. The number of esters is 1. The molecule has 2 fully saturated rings. The van der Waals surface area contributed by atoms with E-state index < -0.39 is 0 Å². The van der Waals surface area contributed by atoms with E-state index in [9.17, 15) is 14.9 Å². The summed E-state index contributed by atoms with van der Waals surface area (Å²) in [6.45, 7) is 5.53. The number of fused-ring (bicyclic) bond motifs is 1. The van der Waals surface area contributed by atoms with Crippen molar-refractivity contribution in [2.45, 2.75) is 77.0 Å². The van der Waals surface area contributed by atoms with Gasteiger partial charge in [0.2, 0.25) is 0 Å². The van der Waals surface area contributed by atoms with Crippen molar-refractivity contribution in [2.75, 3.05) is 26.8 Å². The third-order valence-corrected chi connectivity index (χ3v) is 7.49. The second-order valence-electron chi connectivity index (χ2n) is 9.53. The van der Waals surface area contributed by atoms with E-state index in [1.165, 1.54) is 16.6 Å². The van der Waals surface area contributed by atoms with E-state index in [1.807, 2.05) is 28.0 Å². The van der Waals surface area contributed by atoms with Crippen LogP contribution in [0.5, 0.6) is 0 Å². The third kappa shape index (κ3) is 5.30. The van der Waals surface area contributed by atoms with Crippen LogP contribution in [0.4, 0.5) is 4.79 Å². The van der Waals surface area contributed by atoms with Gasteiger partial charge in [-0.05, 0) is 63.1 Å². The highest BCUT2D eigenvalue weighted by molar-refractivity contribution is 5.86. The van der Waals surface area contributed by atoms with Crippen LogP contribution in [0.15, 0.2) is 18.2 Å². The van der Waals surface area contributed by atoms with Gasteiger partial charge < -0.3 is 24.3 Å². The number of carbonyl (C=O) groups excluding carboxylic acids is 2. The molecule has 8 heteroatoms. The first-order valence-electron chi connectivity index (χ1n) is 12.8. The van der Waals surface area contributed by atoms with Crippen molar-refractivity contribution in [3.05, 3.63) is 35.0 Å². The summed E-state index contributed by atoms with van der Waals surface area (Å²) in [6.07, 6.45) is 5.40. The number of methoxy groups -OCH3 is 1. The number of amides is 2. The molecule has 0 unspecified atom stereocenters. The highest BCUT2D eigenvalue weighted by atomic mass is 16.5. The van der Waals surface area contributed by atoms with Crippen LogP contribution in [-0.4, -0.2) is 71.8 Å². The summed E-state index contributed by atoms with van der Waals surface area (Å²) >= 11 is 0. The zero-order valence-electron chi connectivity index (χ0n) is 21.0. The number of nitrogens with zero attached hydrogens (tertiary/aromatic N) is 3. The Balaban J connectivity index is 1.46. The zero-order chi connectivity index (χ0) is 24.9. The van der Waals surface area contributed by atoms with Gasteiger partial charge in [0, 0.05) is 48.9 Å². The van der Waals surface area contributed by atoms with Crippen LogP contribution in [0.25, 0.3) is 10.9 Å². The Bertz CT molecular complexity index is 1100. The standard InChI is InChI=1S/C27H36N4O4/c1-4-22-23-10-8-18(16-28)13-25(23)29-24(22)11-9-19-7-6-12-30(19)27(33)31-17-21(34-3)14-20(31)15-26(32)35-5-2/h8,10,13,19-21,29H,4-7,9,11-12,14-15,17H2,1-3H3/t19-,20+,21+/m0/s1. The Morgan fingerprint density at radius 3 is 2.77 bits per heavy atom. The van der Waals surface area contributed by atoms with Crippen molar-refractivity contribution >= 4 is 22.9 Å². The number of nitriles is 1. The number of likely N-dealkylation sites (tertiary alicyclic amines) is 2. The minimum atomic E-state index is -0.268.